The van der Waals surface area contributed by atoms with Crippen molar-refractivity contribution in [3.63, 3.8) is 0 Å². The first-order valence-electron chi connectivity index (χ1n) is 10.5. The molecule has 0 radical (unpaired) electrons. The molecule has 0 saturated carbocycles. The van der Waals surface area contributed by atoms with E-state index in [1.165, 1.54) is 0 Å². The van der Waals surface area contributed by atoms with E-state index in [-0.39, 0.29) is 22.5 Å². The summed E-state index contributed by atoms with van der Waals surface area (Å²) in [6, 6.07) is 14.7. The summed E-state index contributed by atoms with van der Waals surface area (Å²) in [6.07, 6.45) is -0.0463. The number of hydrogen-bond acceptors (Lipinski definition) is 8. The van der Waals surface area contributed by atoms with Crippen LogP contribution >= 0.6 is 0 Å². The second kappa shape index (κ2) is 9.01. The van der Waals surface area contributed by atoms with Crippen LogP contribution in [0.2, 0.25) is 0 Å². The van der Waals surface area contributed by atoms with E-state index in [1.54, 1.807) is 24.3 Å². The van der Waals surface area contributed by atoms with Crippen LogP contribution in [0.5, 0.6) is 0 Å². The molecule has 0 bridgehead atoms. The summed E-state index contributed by atoms with van der Waals surface area (Å²) in [4.78, 5) is 8.72. The zero-order valence-corrected chi connectivity index (χ0v) is 19.3. The van der Waals surface area contributed by atoms with Gasteiger partial charge >= 0.3 is 0 Å². The second-order valence-electron chi connectivity index (χ2n) is 8.52. The molecule has 1 fully saturated rings. The van der Waals surface area contributed by atoms with Crippen LogP contribution < -0.4 is 4.90 Å². The smallest absolute Gasteiger partial charge is 0.244 e. The van der Waals surface area contributed by atoms with Gasteiger partial charge in [-0.1, -0.05) is 35.0 Å². The van der Waals surface area contributed by atoms with E-state index in [0.717, 1.165) is 16.8 Å². The molecule has 9 heteroatoms. The van der Waals surface area contributed by atoms with Crippen LogP contribution in [-0.2, 0) is 22.1 Å². The number of benzene rings is 2. The zero-order chi connectivity index (χ0) is 22.9. The highest BCUT2D eigenvalue weighted by molar-refractivity contribution is 7.90. The number of sulfone groups is 1. The number of β-amino-alcohol motifs (C(OH)–C–C–N with tert-alkyl or cyclic N) is 1. The first-order valence-corrected chi connectivity index (χ1v) is 12.2. The maximum absolute atomic E-state index is 12.7. The number of aromatic nitrogens is 2. The molecule has 3 aromatic rings. The number of rotatable bonds is 7. The van der Waals surface area contributed by atoms with E-state index >= 15 is 0 Å². The van der Waals surface area contributed by atoms with E-state index in [0.29, 0.717) is 25.4 Å². The summed E-state index contributed by atoms with van der Waals surface area (Å²) in [7, 11) is 0.412. The lowest BCUT2D eigenvalue weighted by Gasteiger charge is -2.21. The predicted molar refractivity (Wildman–Crippen MR) is 121 cm³/mol. The van der Waals surface area contributed by atoms with Crippen LogP contribution in [0.4, 0.5) is 5.69 Å². The maximum atomic E-state index is 12.7. The molecule has 1 aliphatic rings. The van der Waals surface area contributed by atoms with E-state index in [9.17, 15) is 13.5 Å². The van der Waals surface area contributed by atoms with Gasteiger partial charge in [-0.15, -0.1) is 0 Å². The highest BCUT2D eigenvalue weighted by atomic mass is 32.2. The van der Waals surface area contributed by atoms with Gasteiger partial charge in [0.1, 0.15) is 5.75 Å². The van der Waals surface area contributed by atoms with Crippen LogP contribution in [0, 0.1) is 6.92 Å². The molecular weight excluding hydrogens is 428 g/mol. The zero-order valence-electron chi connectivity index (χ0n) is 18.5. The molecule has 1 aliphatic heterocycles. The van der Waals surface area contributed by atoms with E-state index < -0.39 is 15.9 Å². The van der Waals surface area contributed by atoms with Crippen molar-refractivity contribution in [1.29, 1.82) is 0 Å². The minimum Gasteiger partial charge on any atom is -0.392 e. The largest absolute Gasteiger partial charge is 0.392 e. The van der Waals surface area contributed by atoms with Gasteiger partial charge in [0.05, 0.1) is 17.0 Å². The summed E-state index contributed by atoms with van der Waals surface area (Å²) in [6.45, 7) is 3.01. The quantitative estimate of drug-likeness (QED) is 0.579. The molecule has 1 aromatic heterocycles. The van der Waals surface area contributed by atoms with Crippen molar-refractivity contribution in [3.05, 3.63) is 71.4 Å². The molecule has 32 heavy (non-hydrogen) atoms. The molecule has 0 spiro atoms. The fourth-order valence-electron chi connectivity index (χ4n) is 3.91. The summed E-state index contributed by atoms with van der Waals surface area (Å²) in [5.74, 6) is 0.124. The van der Waals surface area contributed by atoms with Crippen molar-refractivity contribution in [3.8, 4) is 0 Å². The van der Waals surface area contributed by atoms with Gasteiger partial charge in [0, 0.05) is 32.9 Å². The molecule has 0 aliphatic carbocycles. The minimum absolute atomic E-state index is 0.122. The monoisotopic (exact) mass is 456 g/mol. The standard InChI is InChI=1S/C23H28N4O4S/c1-16-4-10-20(11-5-16)32(29,30)15-22-24-23(31-25-22)21-12-19(28)14-27(21)13-17-6-8-18(9-7-17)26(2)3/h4-11,19,21,28H,12-15H2,1-3H3/t19-,21+/m1/s1. The molecule has 2 atom stereocenters. The Kier molecular flexibility index (Phi) is 6.32. The number of aliphatic hydroxyl groups excluding tert-OH is 1. The van der Waals surface area contributed by atoms with Crippen molar-refractivity contribution in [1.82, 2.24) is 15.0 Å². The number of anilines is 1. The van der Waals surface area contributed by atoms with Crippen molar-refractivity contribution in [2.24, 2.45) is 0 Å². The van der Waals surface area contributed by atoms with E-state index in [1.807, 2.05) is 25.9 Å². The third kappa shape index (κ3) is 5.01. The molecule has 8 nitrogen and oxygen atoms in total. The average molecular weight is 457 g/mol. The molecule has 0 amide bonds. The molecule has 170 valence electrons. The third-order valence-corrected chi connectivity index (χ3v) is 7.32. The number of aryl methyl sites for hydroxylation is 1. The van der Waals surface area contributed by atoms with Gasteiger partial charge in [-0.3, -0.25) is 4.90 Å². The minimum atomic E-state index is -3.58. The van der Waals surface area contributed by atoms with Crippen LogP contribution in [0.25, 0.3) is 0 Å². The molecule has 1 N–H and O–H groups in total. The number of nitrogens with zero attached hydrogens (tertiary/aromatic N) is 4. The number of hydrogen-bond donors (Lipinski definition) is 1. The Morgan fingerprint density at radius 1 is 1.12 bits per heavy atom. The Balaban J connectivity index is 1.48. The third-order valence-electron chi connectivity index (χ3n) is 5.69. The second-order valence-corrected chi connectivity index (χ2v) is 10.5. The topological polar surface area (TPSA) is 99.8 Å². The fourth-order valence-corrected chi connectivity index (χ4v) is 5.08. The van der Waals surface area contributed by atoms with Crippen molar-refractivity contribution in [2.45, 2.75) is 42.7 Å². The Hall–Kier alpha value is -2.75. The Bertz CT molecular complexity index is 1160. The molecule has 2 aromatic carbocycles. The first-order chi connectivity index (χ1) is 15.2. The van der Waals surface area contributed by atoms with Gasteiger partial charge < -0.3 is 14.5 Å². The number of likely N-dealkylation sites (tertiary alicyclic amines) is 1. The highest BCUT2D eigenvalue weighted by Gasteiger charge is 2.36. The van der Waals surface area contributed by atoms with Gasteiger partial charge in [-0.2, -0.15) is 4.98 Å². The van der Waals surface area contributed by atoms with Gasteiger partial charge in [-0.25, -0.2) is 8.42 Å². The molecule has 4 rings (SSSR count). The van der Waals surface area contributed by atoms with Crippen molar-refractivity contribution in [2.75, 3.05) is 25.5 Å². The maximum Gasteiger partial charge on any atom is 0.244 e. The summed E-state index contributed by atoms with van der Waals surface area (Å²) < 4.78 is 30.8. The molecule has 2 heterocycles. The lowest BCUT2D eigenvalue weighted by Crippen LogP contribution is -2.24. The van der Waals surface area contributed by atoms with Crippen LogP contribution in [0.3, 0.4) is 0 Å². The van der Waals surface area contributed by atoms with Crippen molar-refractivity contribution >= 4 is 15.5 Å². The van der Waals surface area contributed by atoms with Gasteiger partial charge in [0.15, 0.2) is 15.7 Å². The molecule has 1 saturated heterocycles. The first kappa shape index (κ1) is 22.4. The predicted octanol–water partition coefficient (Wildman–Crippen LogP) is 2.73. The molecule has 0 unspecified atom stereocenters. The summed E-state index contributed by atoms with van der Waals surface area (Å²) in [5.41, 5.74) is 3.21. The highest BCUT2D eigenvalue weighted by Crippen LogP contribution is 2.33. The van der Waals surface area contributed by atoms with Crippen LogP contribution in [0.1, 0.15) is 35.3 Å². The SMILES string of the molecule is Cc1ccc(S(=O)(=O)Cc2noc([C@@H]3C[C@@H](O)CN3Cc3ccc(N(C)C)cc3)n2)cc1. The van der Waals surface area contributed by atoms with E-state index in [2.05, 4.69) is 39.3 Å². The fraction of sp³-hybridized carbons (Fsp3) is 0.391. The van der Waals surface area contributed by atoms with Gasteiger partial charge in [-0.05, 0) is 43.2 Å². The number of aliphatic hydroxyl groups is 1. The van der Waals surface area contributed by atoms with Crippen LogP contribution in [-0.4, -0.2) is 55.3 Å². The Morgan fingerprint density at radius 2 is 1.81 bits per heavy atom. The lowest BCUT2D eigenvalue weighted by molar-refractivity contribution is 0.169. The Morgan fingerprint density at radius 3 is 2.47 bits per heavy atom. The van der Waals surface area contributed by atoms with Gasteiger partial charge in [0.25, 0.3) is 0 Å². The van der Waals surface area contributed by atoms with Crippen LogP contribution in [0.15, 0.2) is 57.9 Å². The van der Waals surface area contributed by atoms with Crippen molar-refractivity contribution < 1.29 is 18.0 Å². The summed E-state index contributed by atoms with van der Waals surface area (Å²) in [5, 5.41) is 14.2. The Labute approximate surface area is 188 Å². The van der Waals surface area contributed by atoms with E-state index in [4.69, 9.17) is 4.52 Å². The molecular formula is C23H28N4O4S. The van der Waals surface area contributed by atoms with Gasteiger partial charge in [0.2, 0.25) is 5.89 Å². The summed E-state index contributed by atoms with van der Waals surface area (Å²) >= 11 is 0. The normalized spacial score (nSPS) is 19.4. The lowest BCUT2D eigenvalue weighted by atomic mass is 10.1. The average Bonchev–Trinajstić information content (AvgIpc) is 3.34.